The molecule has 1 amide bonds. The van der Waals surface area contributed by atoms with Crippen molar-refractivity contribution >= 4 is 17.7 Å². The third kappa shape index (κ3) is 3.85. The van der Waals surface area contributed by atoms with Gasteiger partial charge in [-0.15, -0.1) is 5.10 Å². The first-order chi connectivity index (χ1) is 10.5. The molecule has 0 bridgehead atoms. The fourth-order valence-corrected chi connectivity index (χ4v) is 2.78. The maximum absolute atomic E-state index is 11.8. The Hall–Kier alpha value is -1.89. The van der Waals surface area contributed by atoms with Crippen LogP contribution in [0.25, 0.3) is 5.69 Å². The molecule has 2 aromatic rings. The van der Waals surface area contributed by atoms with E-state index in [2.05, 4.69) is 46.8 Å². The summed E-state index contributed by atoms with van der Waals surface area (Å²) in [4.78, 5) is 11.8. The van der Waals surface area contributed by atoms with Crippen LogP contribution in [0.15, 0.2) is 29.4 Å². The molecular formula is C15H21N5OS. The molecule has 1 heterocycles. The SMILES string of the molecule is CCNC(=O)[C@H](C)Sc1nnnn1-c1ccc(C(C)C)cc1. The first kappa shape index (κ1) is 16.5. The molecule has 22 heavy (non-hydrogen) atoms. The predicted molar refractivity (Wildman–Crippen MR) is 87.2 cm³/mol. The second kappa shape index (κ2) is 7.40. The summed E-state index contributed by atoms with van der Waals surface area (Å²) in [6.07, 6.45) is 0. The van der Waals surface area contributed by atoms with Crippen molar-refractivity contribution in [2.45, 2.75) is 44.0 Å². The molecule has 1 aromatic heterocycles. The van der Waals surface area contributed by atoms with Crippen molar-refractivity contribution in [3.63, 3.8) is 0 Å². The van der Waals surface area contributed by atoms with Crippen molar-refractivity contribution in [3.05, 3.63) is 29.8 Å². The summed E-state index contributed by atoms with van der Waals surface area (Å²) in [5.74, 6) is 0.465. The van der Waals surface area contributed by atoms with Gasteiger partial charge in [0.15, 0.2) is 0 Å². The van der Waals surface area contributed by atoms with Gasteiger partial charge < -0.3 is 5.32 Å². The van der Waals surface area contributed by atoms with Crippen LogP contribution in [0.5, 0.6) is 0 Å². The van der Waals surface area contributed by atoms with Crippen LogP contribution in [0.1, 0.15) is 39.2 Å². The van der Waals surface area contributed by atoms with E-state index in [1.807, 2.05) is 26.0 Å². The third-order valence-corrected chi connectivity index (χ3v) is 4.28. The molecule has 7 heteroatoms. The molecule has 2 rings (SSSR count). The number of carbonyl (C=O) groups is 1. The Kier molecular flexibility index (Phi) is 5.54. The monoisotopic (exact) mass is 319 g/mol. The van der Waals surface area contributed by atoms with Crippen molar-refractivity contribution in [2.24, 2.45) is 0 Å². The lowest BCUT2D eigenvalue weighted by atomic mass is 10.0. The smallest absolute Gasteiger partial charge is 0.233 e. The van der Waals surface area contributed by atoms with Gasteiger partial charge >= 0.3 is 0 Å². The third-order valence-electron chi connectivity index (χ3n) is 3.25. The maximum atomic E-state index is 11.8. The highest BCUT2D eigenvalue weighted by Gasteiger charge is 2.18. The van der Waals surface area contributed by atoms with Gasteiger partial charge in [-0.2, -0.15) is 4.68 Å². The van der Waals surface area contributed by atoms with Crippen molar-refractivity contribution < 1.29 is 4.79 Å². The Morgan fingerprint density at radius 3 is 2.55 bits per heavy atom. The van der Waals surface area contributed by atoms with Crippen molar-refractivity contribution in [1.82, 2.24) is 25.5 Å². The van der Waals surface area contributed by atoms with E-state index in [-0.39, 0.29) is 11.2 Å². The Morgan fingerprint density at radius 2 is 1.95 bits per heavy atom. The molecule has 0 spiro atoms. The van der Waals surface area contributed by atoms with Crippen molar-refractivity contribution in [3.8, 4) is 5.69 Å². The van der Waals surface area contributed by atoms with Gasteiger partial charge in [-0.1, -0.05) is 37.7 Å². The number of benzene rings is 1. The van der Waals surface area contributed by atoms with Gasteiger partial charge in [0.25, 0.3) is 0 Å². The zero-order valence-electron chi connectivity index (χ0n) is 13.3. The number of nitrogens with one attached hydrogen (secondary N) is 1. The molecule has 1 N–H and O–H groups in total. The molecule has 118 valence electrons. The number of nitrogens with zero attached hydrogens (tertiary/aromatic N) is 4. The molecule has 1 aromatic carbocycles. The average molecular weight is 319 g/mol. The molecule has 0 radical (unpaired) electrons. The molecule has 6 nitrogen and oxygen atoms in total. The number of carbonyl (C=O) groups excluding carboxylic acids is 1. The van der Waals surface area contributed by atoms with E-state index in [0.29, 0.717) is 17.6 Å². The lowest BCUT2D eigenvalue weighted by molar-refractivity contribution is -0.120. The number of rotatable bonds is 6. The minimum absolute atomic E-state index is 0.0165. The van der Waals surface area contributed by atoms with E-state index in [4.69, 9.17) is 0 Å². The Balaban J connectivity index is 2.17. The van der Waals surface area contributed by atoms with Crippen molar-refractivity contribution in [1.29, 1.82) is 0 Å². The summed E-state index contributed by atoms with van der Waals surface area (Å²) < 4.78 is 1.66. The molecule has 0 aliphatic carbocycles. The average Bonchev–Trinajstić information content (AvgIpc) is 2.95. The number of amides is 1. The molecule has 0 unspecified atom stereocenters. The summed E-state index contributed by atoms with van der Waals surface area (Å²) in [5.41, 5.74) is 2.15. The number of hydrogen-bond donors (Lipinski definition) is 1. The van der Waals surface area contributed by atoms with Crippen LogP contribution in [0.4, 0.5) is 0 Å². The van der Waals surface area contributed by atoms with Crippen LogP contribution in [-0.2, 0) is 4.79 Å². The molecule has 0 fully saturated rings. The van der Waals surface area contributed by atoms with Crippen LogP contribution >= 0.6 is 11.8 Å². The Bertz CT molecular complexity index is 623. The van der Waals surface area contributed by atoms with Gasteiger partial charge in [-0.3, -0.25) is 4.79 Å². The highest BCUT2D eigenvalue weighted by molar-refractivity contribution is 8.00. The molecule has 0 aliphatic rings. The van der Waals surface area contributed by atoms with Gasteiger partial charge in [0.1, 0.15) is 0 Å². The van der Waals surface area contributed by atoms with Crippen LogP contribution < -0.4 is 5.32 Å². The quantitative estimate of drug-likeness (QED) is 0.828. The van der Waals surface area contributed by atoms with Gasteiger partial charge in [-0.25, -0.2) is 0 Å². The van der Waals surface area contributed by atoms with E-state index in [1.54, 1.807) is 4.68 Å². The Morgan fingerprint density at radius 1 is 1.27 bits per heavy atom. The molecule has 0 saturated carbocycles. The second-order valence-electron chi connectivity index (χ2n) is 5.27. The number of hydrogen-bond acceptors (Lipinski definition) is 5. The first-order valence-corrected chi connectivity index (χ1v) is 8.24. The standard InChI is InChI=1S/C15H21N5OS/c1-5-16-14(21)11(4)22-15-17-18-19-20(15)13-8-6-12(7-9-13)10(2)3/h6-11H,5H2,1-4H3,(H,16,21)/t11-/m0/s1. The van der Waals surface area contributed by atoms with Gasteiger partial charge in [0.2, 0.25) is 11.1 Å². The number of thioether (sulfide) groups is 1. The van der Waals surface area contributed by atoms with Gasteiger partial charge in [-0.05, 0) is 47.9 Å². The summed E-state index contributed by atoms with van der Waals surface area (Å²) >= 11 is 1.35. The molecular weight excluding hydrogens is 298 g/mol. The minimum atomic E-state index is -0.250. The molecule has 1 atom stereocenters. The molecule has 0 saturated heterocycles. The fourth-order valence-electron chi connectivity index (χ4n) is 1.94. The van der Waals surface area contributed by atoms with E-state index in [0.717, 1.165) is 5.69 Å². The van der Waals surface area contributed by atoms with E-state index < -0.39 is 0 Å². The lowest BCUT2D eigenvalue weighted by Crippen LogP contribution is -2.30. The maximum Gasteiger partial charge on any atom is 0.233 e. The summed E-state index contributed by atoms with van der Waals surface area (Å²) in [5, 5.41) is 14.9. The van der Waals surface area contributed by atoms with Crippen molar-refractivity contribution in [2.75, 3.05) is 6.54 Å². The summed E-state index contributed by atoms with van der Waals surface area (Å²) in [7, 11) is 0. The first-order valence-electron chi connectivity index (χ1n) is 7.36. The fraction of sp³-hybridized carbons (Fsp3) is 0.467. The van der Waals surface area contributed by atoms with Gasteiger partial charge in [0, 0.05) is 6.54 Å². The van der Waals surface area contributed by atoms with E-state index in [1.165, 1.54) is 17.3 Å². The lowest BCUT2D eigenvalue weighted by Gasteiger charge is -2.11. The topological polar surface area (TPSA) is 72.7 Å². The van der Waals surface area contributed by atoms with Crippen LogP contribution in [0.3, 0.4) is 0 Å². The summed E-state index contributed by atoms with van der Waals surface area (Å²) in [6, 6.07) is 8.13. The summed E-state index contributed by atoms with van der Waals surface area (Å²) in [6.45, 7) is 8.67. The van der Waals surface area contributed by atoms with Crippen LogP contribution in [0, 0.1) is 0 Å². The highest BCUT2D eigenvalue weighted by Crippen LogP contribution is 2.24. The van der Waals surface area contributed by atoms with E-state index >= 15 is 0 Å². The van der Waals surface area contributed by atoms with Crippen LogP contribution in [0.2, 0.25) is 0 Å². The van der Waals surface area contributed by atoms with E-state index in [9.17, 15) is 4.79 Å². The largest absolute Gasteiger partial charge is 0.355 e. The predicted octanol–water partition coefficient (Wildman–Crippen LogP) is 2.40. The Labute approximate surface area is 134 Å². The second-order valence-corrected chi connectivity index (χ2v) is 6.58. The zero-order chi connectivity index (χ0) is 16.1. The van der Waals surface area contributed by atoms with Gasteiger partial charge in [0.05, 0.1) is 10.9 Å². The zero-order valence-corrected chi connectivity index (χ0v) is 14.1. The highest BCUT2D eigenvalue weighted by atomic mass is 32.2. The molecule has 0 aliphatic heterocycles. The number of aromatic nitrogens is 4. The van der Waals surface area contributed by atoms with Crippen LogP contribution in [-0.4, -0.2) is 37.9 Å². The normalized spacial score (nSPS) is 12.4. The number of tetrazole rings is 1. The minimum Gasteiger partial charge on any atom is -0.355 e.